The summed E-state index contributed by atoms with van der Waals surface area (Å²) in [6.45, 7) is 13.3. The van der Waals surface area contributed by atoms with Gasteiger partial charge in [-0.1, -0.05) is 13.8 Å². The summed E-state index contributed by atoms with van der Waals surface area (Å²) in [6, 6.07) is 11.6. The highest BCUT2D eigenvalue weighted by Gasteiger charge is 2.20. The van der Waals surface area contributed by atoms with Crippen molar-refractivity contribution in [3.8, 4) is 11.5 Å². The van der Waals surface area contributed by atoms with Gasteiger partial charge in [0.05, 0.1) is 51.0 Å². The number of hydrogen-bond acceptors (Lipinski definition) is 7. The fourth-order valence-electron chi connectivity index (χ4n) is 4.20. The second-order valence-corrected chi connectivity index (χ2v) is 9.15. The van der Waals surface area contributed by atoms with Crippen LogP contribution in [0.25, 0.3) is 0 Å². The van der Waals surface area contributed by atoms with Crippen molar-refractivity contribution in [2.75, 3.05) is 80.9 Å². The molecule has 8 nitrogen and oxygen atoms in total. The summed E-state index contributed by atoms with van der Waals surface area (Å²) in [5.41, 5.74) is 3.45. The van der Waals surface area contributed by atoms with E-state index in [4.69, 9.17) is 18.9 Å². The minimum atomic E-state index is -0.185. The predicted molar refractivity (Wildman–Crippen MR) is 138 cm³/mol. The largest absolute Gasteiger partial charge is 0.490 e. The van der Waals surface area contributed by atoms with Gasteiger partial charge in [-0.05, 0) is 49.2 Å². The maximum Gasteiger partial charge on any atom is 0.255 e. The number of hydrogen-bond donors (Lipinski definition) is 1. The molecular weight excluding hydrogens is 446 g/mol. The van der Waals surface area contributed by atoms with Crippen molar-refractivity contribution < 1.29 is 23.7 Å². The van der Waals surface area contributed by atoms with Crippen LogP contribution in [0.1, 0.15) is 31.1 Å². The van der Waals surface area contributed by atoms with Gasteiger partial charge in [-0.2, -0.15) is 0 Å². The molecule has 190 valence electrons. The third kappa shape index (κ3) is 6.58. The third-order valence-electron chi connectivity index (χ3n) is 6.04. The standard InChI is InChI=1S/C27H37N3O5/c1-4-34-26-17-21(5-8-25(26)35-19-20(2)3)27(31)28-23-7-6-22(29-9-13-32-14-10-29)18-24(23)30-11-15-33-16-12-30/h5-8,17-18,20H,4,9-16,19H2,1-3H3,(H,28,31). The summed E-state index contributed by atoms with van der Waals surface area (Å²) in [6.07, 6.45) is 0. The Labute approximate surface area is 208 Å². The van der Waals surface area contributed by atoms with Crippen LogP contribution < -0.4 is 24.6 Å². The van der Waals surface area contributed by atoms with Crippen LogP contribution in [0.2, 0.25) is 0 Å². The number of ether oxygens (including phenoxy) is 4. The smallest absolute Gasteiger partial charge is 0.255 e. The first-order valence-corrected chi connectivity index (χ1v) is 12.6. The molecule has 2 aliphatic heterocycles. The lowest BCUT2D eigenvalue weighted by Gasteiger charge is -2.33. The van der Waals surface area contributed by atoms with Crippen molar-refractivity contribution >= 4 is 23.0 Å². The highest BCUT2D eigenvalue weighted by molar-refractivity contribution is 6.06. The van der Waals surface area contributed by atoms with Gasteiger partial charge in [0.2, 0.25) is 0 Å². The minimum Gasteiger partial charge on any atom is -0.490 e. The van der Waals surface area contributed by atoms with E-state index in [1.807, 2.05) is 19.1 Å². The topological polar surface area (TPSA) is 72.5 Å². The van der Waals surface area contributed by atoms with Crippen molar-refractivity contribution in [1.29, 1.82) is 0 Å². The second kappa shape index (κ2) is 12.1. The SMILES string of the molecule is CCOc1cc(C(=O)Nc2ccc(N3CCOCC3)cc2N2CCOCC2)ccc1OCC(C)C. The second-order valence-electron chi connectivity index (χ2n) is 9.15. The minimum absolute atomic E-state index is 0.185. The fraction of sp³-hybridized carbons (Fsp3) is 0.519. The summed E-state index contributed by atoms with van der Waals surface area (Å²) < 4.78 is 22.7. The van der Waals surface area contributed by atoms with Crippen LogP contribution in [0, 0.1) is 5.92 Å². The van der Waals surface area contributed by atoms with E-state index in [9.17, 15) is 4.79 Å². The summed E-state index contributed by atoms with van der Waals surface area (Å²) in [7, 11) is 0. The van der Waals surface area contributed by atoms with Crippen molar-refractivity contribution in [2.45, 2.75) is 20.8 Å². The molecule has 1 N–H and O–H groups in total. The molecule has 4 rings (SSSR count). The molecule has 1 amide bonds. The van der Waals surface area contributed by atoms with E-state index < -0.39 is 0 Å². The number of nitrogens with zero attached hydrogens (tertiary/aromatic N) is 2. The van der Waals surface area contributed by atoms with Gasteiger partial charge in [0.25, 0.3) is 5.91 Å². The lowest BCUT2D eigenvalue weighted by molar-refractivity contribution is 0.102. The molecule has 0 unspecified atom stereocenters. The molecule has 2 saturated heterocycles. The summed E-state index contributed by atoms with van der Waals surface area (Å²) >= 11 is 0. The first-order chi connectivity index (χ1) is 17.0. The molecule has 0 bridgehead atoms. The van der Waals surface area contributed by atoms with E-state index in [2.05, 4.69) is 41.1 Å². The molecule has 2 aromatic rings. The summed E-state index contributed by atoms with van der Waals surface area (Å²) in [4.78, 5) is 17.9. The first-order valence-electron chi connectivity index (χ1n) is 12.6. The molecule has 2 aromatic carbocycles. The zero-order chi connectivity index (χ0) is 24.6. The summed E-state index contributed by atoms with van der Waals surface area (Å²) in [5.74, 6) is 1.44. The van der Waals surface area contributed by atoms with Crippen LogP contribution >= 0.6 is 0 Å². The van der Waals surface area contributed by atoms with Crippen LogP contribution in [-0.2, 0) is 9.47 Å². The molecule has 0 aromatic heterocycles. The Bertz CT molecular complexity index is 985. The third-order valence-corrected chi connectivity index (χ3v) is 6.04. The normalized spacial score (nSPS) is 16.3. The summed E-state index contributed by atoms with van der Waals surface area (Å²) in [5, 5.41) is 3.13. The Morgan fingerprint density at radius 1 is 0.914 bits per heavy atom. The van der Waals surface area contributed by atoms with E-state index in [1.54, 1.807) is 12.1 Å². The van der Waals surface area contributed by atoms with E-state index in [0.717, 1.165) is 56.5 Å². The molecule has 2 fully saturated rings. The number of nitrogens with one attached hydrogen (secondary N) is 1. The van der Waals surface area contributed by atoms with E-state index >= 15 is 0 Å². The first kappa shape index (κ1) is 25.1. The number of morpholine rings is 2. The molecule has 0 spiro atoms. The molecule has 35 heavy (non-hydrogen) atoms. The van der Waals surface area contributed by atoms with Crippen LogP contribution in [-0.4, -0.2) is 71.7 Å². The number of carbonyl (C=O) groups is 1. The fourth-order valence-corrected chi connectivity index (χ4v) is 4.20. The average molecular weight is 484 g/mol. The highest BCUT2D eigenvalue weighted by Crippen LogP contribution is 2.34. The lowest BCUT2D eigenvalue weighted by atomic mass is 10.1. The highest BCUT2D eigenvalue weighted by atomic mass is 16.5. The van der Waals surface area contributed by atoms with Crippen molar-refractivity contribution in [3.63, 3.8) is 0 Å². The molecule has 8 heteroatoms. The Hall–Kier alpha value is -2.97. The van der Waals surface area contributed by atoms with Gasteiger partial charge in [-0.15, -0.1) is 0 Å². The molecule has 0 atom stereocenters. The van der Waals surface area contributed by atoms with Gasteiger partial charge in [0.15, 0.2) is 11.5 Å². The monoisotopic (exact) mass is 483 g/mol. The van der Waals surface area contributed by atoms with Crippen molar-refractivity contribution in [3.05, 3.63) is 42.0 Å². The van der Waals surface area contributed by atoms with Crippen molar-refractivity contribution in [1.82, 2.24) is 0 Å². The Morgan fingerprint density at radius 3 is 2.26 bits per heavy atom. The van der Waals surface area contributed by atoms with Gasteiger partial charge in [0, 0.05) is 37.4 Å². The van der Waals surface area contributed by atoms with Crippen LogP contribution in [0.4, 0.5) is 17.1 Å². The average Bonchev–Trinajstić information content (AvgIpc) is 2.89. The molecule has 0 saturated carbocycles. The maximum atomic E-state index is 13.3. The van der Waals surface area contributed by atoms with E-state index in [0.29, 0.717) is 49.4 Å². The zero-order valence-corrected chi connectivity index (χ0v) is 21.0. The van der Waals surface area contributed by atoms with Gasteiger partial charge in [-0.3, -0.25) is 4.79 Å². The van der Waals surface area contributed by atoms with Gasteiger partial charge in [0.1, 0.15) is 0 Å². The van der Waals surface area contributed by atoms with Crippen LogP contribution in [0.15, 0.2) is 36.4 Å². The van der Waals surface area contributed by atoms with Crippen LogP contribution in [0.5, 0.6) is 11.5 Å². The van der Waals surface area contributed by atoms with E-state index in [1.165, 1.54) is 0 Å². The molecule has 0 radical (unpaired) electrons. The Morgan fingerprint density at radius 2 is 1.60 bits per heavy atom. The molecule has 2 aliphatic rings. The quantitative estimate of drug-likeness (QED) is 0.577. The zero-order valence-electron chi connectivity index (χ0n) is 21.0. The van der Waals surface area contributed by atoms with Gasteiger partial charge in [-0.25, -0.2) is 0 Å². The number of amides is 1. The van der Waals surface area contributed by atoms with Gasteiger partial charge < -0.3 is 34.1 Å². The van der Waals surface area contributed by atoms with Crippen molar-refractivity contribution in [2.24, 2.45) is 5.92 Å². The number of benzene rings is 2. The van der Waals surface area contributed by atoms with Crippen LogP contribution in [0.3, 0.4) is 0 Å². The van der Waals surface area contributed by atoms with E-state index in [-0.39, 0.29) is 5.91 Å². The lowest BCUT2D eigenvalue weighted by Crippen LogP contribution is -2.38. The van der Waals surface area contributed by atoms with Gasteiger partial charge >= 0.3 is 0 Å². The number of carbonyl (C=O) groups excluding carboxylic acids is 1. The number of anilines is 3. The Balaban J connectivity index is 1.57. The molecular formula is C27H37N3O5. The molecule has 2 heterocycles. The predicted octanol–water partition coefficient (Wildman–Crippen LogP) is 4.05. The molecule has 0 aliphatic carbocycles. The Kier molecular flexibility index (Phi) is 8.71. The number of rotatable bonds is 9. The maximum absolute atomic E-state index is 13.3.